The molecule has 2 amide bonds. The van der Waals surface area contributed by atoms with E-state index in [0.29, 0.717) is 5.13 Å². The summed E-state index contributed by atoms with van der Waals surface area (Å²) in [6.07, 6.45) is 3.14. The zero-order valence-electron chi connectivity index (χ0n) is 16.2. The first-order valence-electron chi connectivity index (χ1n) is 9.26. The number of aromatic nitrogens is 2. The van der Waals surface area contributed by atoms with Gasteiger partial charge in [-0.1, -0.05) is 85.8 Å². The largest absolute Gasteiger partial charge is 0.340 e. The maximum Gasteiger partial charge on any atom is 0.249 e. The monoisotopic (exact) mass is 406 g/mol. The Hall–Kier alpha value is -3.32. The van der Waals surface area contributed by atoms with Crippen LogP contribution in [0.15, 0.2) is 66.7 Å². The molecule has 0 spiro atoms. The van der Waals surface area contributed by atoms with Gasteiger partial charge in [-0.25, -0.2) is 0 Å². The predicted octanol–water partition coefficient (Wildman–Crippen LogP) is 4.00. The lowest BCUT2D eigenvalue weighted by molar-refractivity contribution is -0.124. The van der Waals surface area contributed by atoms with E-state index in [0.717, 1.165) is 16.1 Å². The van der Waals surface area contributed by atoms with Crippen molar-refractivity contribution in [1.29, 1.82) is 0 Å². The molecule has 1 aromatic heterocycles. The van der Waals surface area contributed by atoms with Crippen molar-refractivity contribution < 1.29 is 9.59 Å². The van der Waals surface area contributed by atoms with Gasteiger partial charge in [-0.15, -0.1) is 10.2 Å². The smallest absolute Gasteiger partial charge is 0.249 e. The molecule has 1 heterocycles. The van der Waals surface area contributed by atoms with E-state index >= 15 is 0 Å². The summed E-state index contributed by atoms with van der Waals surface area (Å²) < 4.78 is 0. The maximum atomic E-state index is 12.7. The van der Waals surface area contributed by atoms with E-state index in [1.54, 1.807) is 6.08 Å². The second-order valence-electron chi connectivity index (χ2n) is 6.74. The van der Waals surface area contributed by atoms with Crippen LogP contribution in [0.25, 0.3) is 16.6 Å². The van der Waals surface area contributed by atoms with E-state index in [1.807, 2.05) is 74.5 Å². The van der Waals surface area contributed by atoms with Gasteiger partial charge in [0.2, 0.25) is 16.9 Å². The lowest BCUT2D eigenvalue weighted by Gasteiger charge is -2.20. The summed E-state index contributed by atoms with van der Waals surface area (Å²) in [5, 5.41) is 14.8. The van der Waals surface area contributed by atoms with E-state index in [9.17, 15) is 9.59 Å². The molecule has 2 N–H and O–H groups in total. The van der Waals surface area contributed by atoms with Crippen LogP contribution in [0.2, 0.25) is 0 Å². The van der Waals surface area contributed by atoms with Crippen molar-refractivity contribution in [2.24, 2.45) is 5.92 Å². The van der Waals surface area contributed by atoms with Crippen molar-refractivity contribution in [2.45, 2.75) is 19.9 Å². The van der Waals surface area contributed by atoms with Gasteiger partial charge in [0.15, 0.2) is 0 Å². The van der Waals surface area contributed by atoms with Crippen LogP contribution in [0.5, 0.6) is 0 Å². The molecule has 7 heteroatoms. The van der Waals surface area contributed by atoms with Crippen molar-refractivity contribution in [3.05, 3.63) is 72.3 Å². The van der Waals surface area contributed by atoms with E-state index in [2.05, 4.69) is 20.8 Å². The summed E-state index contributed by atoms with van der Waals surface area (Å²) in [5.41, 5.74) is 1.85. The number of carbonyl (C=O) groups is 2. The van der Waals surface area contributed by atoms with Gasteiger partial charge in [-0.2, -0.15) is 0 Å². The molecule has 6 nitrogen and oxygen atoms in total. The maximum absolute atomic E-state index is 12.7. The summed E-state index contributed by atoms with van der Waals surface area (Å²) in [4.78, 5) is 25.0. The van der Waals surface area contributed by atoms with Crippen molar-refractivity contribution >= 4 is 34.4 Å². The highest BCUT2D eigenvalue weighted by molar-refractivity contribution is 7.18. The van der Waals surface area contributed by atoms with E-state index in [-0.39, 0.29) is 17.7 Å². The third kappa shape index (κ3) is 5.83. The molecule has 0 radical (unpaired) electrons. The summed E-state index contributed by atoms with van der Waals surface area (Å²) in [6.45, 7) is 3.75. The zero-order valence-corrected chi connectivity index (χ0v) is 17.0. The molecular weight excluding hydrogens is 384 g/mol. The van der Waals surface area contributed by atoms with Crippen molar-refractivity contribution in [3.63, 3.8) is 0 Å². The Bertz CT molecular complexity index is 984. The molecule has 1 unspecified atom stereocenters. The standard InChI is InChI=1S/C22H22N4O2S/c1-15(2)19(23-18(27)14-13-16-9-5-3-6-10-16)20(28)24-22-26-25-21(29-22)17-11-7-4-8-12-17/h3-15,19H,1-2H3,(H,23,27)(H,24,26,28). The van der Waals surface area contributed by atoms with E-state index < -0.39 is 6.04 Å². The number of amides is 2. The lowest BCUT2D eigenvalue weighted by Crippen LogP contribution is -2.46. The molecule has 3 aromatic rings. The molecule has 0 aliphatic heterocycles. The molecule has 0 fully saturated rings. The van der Waals surface area contributed by atoms with Crippen molar-refractivity contribution in [3.8, 4) is 10.6 Å². The zero-order chi connectivity index (χ0) is 20.6. The molecule has 1 atom stereocenters. The average molecular weight is 407 g/mol. The van der Waals surface area contributed by atoms with Gasteiger partial charge in [0, 0.05) is 11.6 Å². The number of nitrogens with zero attached hydrogens (tertiary/aromatic N) is 2. The second-order valence-corrected chi connectivity index (χ2v) is 7.72. The van der Waals surface area contributed by atoms with Crippen LogP contribution in [-0.4, -0.2) is 28.1 Å². The molecule has 0 saturated carbocycles. The Morgan fingerprint density at radius 1 is 0.966 bits per heavy atom. The second kappa shape index (κ2) is 9.75. The number of benzene rings is 2. The Labute approximate surface area is 173 Å². The van der Waals surface area contributed by atoms with Gasteiger partial charge in [0.05, 0.1) is 0 Å². The van der Waals surface area contributed by atoms with Crippen molar-refractivity contribution in [2.75, 3.05) is 5.32 Å². The Morgan fingerprint density at radius 2 is 1.62 bits per heavy atom. The van der Waals surface area contributed by atoms with Crippen LogP contribution in [0.1, 0.15) is 19.4 Å². The molecule has 0 aliphatic rings. The fraction of sp³-hybridized carbons (Fsp3) is 0.182. The summed E-state index contributed by atoms with van der Waals surface area (Å²) in [5.74, 6) is -0.743. The fourth-order valence-corrected chi connectivity index (χ4v) is 3.38. The molecule has 0 aliphatic carbocycles. The number of rotatable bonds is 7. The van der Waals surface area contributed by atoms with E-state index in [1.165, 1.54) is 17.4 Å². The lowest BCUT2D eigenvalue weighted by atomic mass is 10.0. The predicted molar refractivity (Wildman–Crippen MR) is 116 cm³/mol. The van der Waals surface area contributed by atoms with Gasteiger partial charge >= 0.3 is 0 Å². The highest BCUT2D eigenvalue weighted by Gasteiger charge is 2.24. The topological polar surface area (TPSA) is 84.0 Å². The minimum absolute atomic E-state index is 0.0920. The number of hydrogen-bond acceptors (Lipinski definition) is 5. The van der Waals surface area contributed by atoms with Crippen molar-refractivity contribution in [1.82, 2.24) is 15.5 Å². The summed E-state index contributed by atoms with van der Waals surface area (Å²) >= 11 is 1.29. The third-order valence-electron chi connectivity index (χ3n) is 4.15. The fourth-order valence-electron chi connectivity index (χ4n) is 2.63. The Morgan fingerprint density at radius 3 is 2.28 bits per heavy atom. The molecule has 0 bridgehead atoms. The van der Waals surface area contributed by atoms with Gasteiger partial charge in [-0.3, -0.25) is 14.9 Å². The molecule has 2 aromatic carbocycles. The van der Waals surface area contributed by atoms with Gasteiger partial charge in [0.1, 0.15) is 11.0 Å². The Kier molecular flexibility index (Phi) is 6.86. The average Bonchev–Trinajstić information content (AvgIpc) is 3.20. The minimum Gasteiger partial charge on any atom is -0.340 e. The molecule has 0 saturated heterocycles. The molecule has 148 valence electrons. The normalized spacial score (nSPS) is 12.1. The first-order valence-corrected chi connectivity index (χ1v) is 10.1. The summed E-state index contributed by atoms with van der Waals surface area (Å²) in [6, 6.07) is 18.4. The van der Waals surface area contributed by atoms with Crippen LogP contribution < -0.4 is 10.6 Å². The molecule has 29 heavy (non-hydrogen) atoms. The molecule has 3 rings (SSSR count). The molecular formula is C22H22N4O2S. The first-order chi connectivity index (χ1) is 14.0. The number of anilines is 1. The highest BCUT2D eigenvalue weighted by Crippen LogP contribution is 2.26. The van der Waals surface area contributed by atoms with Crippen LogP contribution >= 0.6 is 11.3 Å². The number of carbonyl (C=O) groups excluding carboxylic acids is 2. The van der Waals surface area contributed by atoms with Crippen LogP contribution in [0.4, 0.5) is 5.13 Å². The van der Waals surface area contributed by atoms with Gasteiger partial charge in [-0.05, 0) is 17.6 Å². The van der Waals surface area contributed by atoms with Gasteiger partial charge < -0.3 is 5.32 Å². The highest BCUT2D eigenvalue weighted by atomic mass is 32.1. The minimum atomic E-state index is -0.688. The van der Waals surface area contributed by atoms with Crippen LogP contribution in [-0.2, 0) is 9.59 Å². The SMILES string of the molecule is CC(C)C(NC(=O)C=Cc1ccccc1)C(=O)Nc1nnc(-c2ccccc2)s1. The van der Waals surface area contributed by atoms with Crippen LogP contribution in [0, 0.1) is 5.92 Å². The number of nitrogens with one attached hydrogen (secondary N) is 2. The number of hydrogen-bond donors (Lipinski definition) is 2. The van der Waals surface area contributed by atoms with E-state index in [4.69, 9.17) is 0 Å². The quantitative estimate of drug-likeness (QED) is 0.581. The summed E-state index contributed by atoms with van der Waals surface area (Å²) in [7, 11) is 0. The van der Waals surface area contributed by atoms with Gasteiger partial charge in [0.25, 0.3) is 0 Å². The third-order valence-corrected chi connectivity index (χ3v) is 5.04. The van der Waals surface area contributed by atoms with Crippen LogP contribution in [0.3, 0.4) is 0 Å². The first kappa shape index (κ1) is 20.4. The Balaban J connectivity index is 1.63.